The summed E-state index contributed by atoms with van der Waals surface area (Å²) in [6.07, 6.45) is 3.09. The maximum atomic E-state index is 14.2. The van der Waals surface area contributed by atoms with Gasteiger partial charge in [-0.3, -0.25) is 9.59 Å². The minimum absolute atomic E-state index is 0.0545. The Kier molecular flexibility index (Phi) is 6.32. The first-order valence-electron chi connectivity index (χ1n) is 13.4. The third kappa shape index (κ3) is 4.80. The summed E-state index contributed by atoms with van der Waals surface area (Å²) in [5.74, 6) is 0.825. The Hall–Kier alpha value is -3.11. The van der Waals surface area contributed by atoms with Crippen LogP contribution in [-0.2, 0) is 29.1 Å². The monoisotopic (exact) mass is 512 g/mol. The minimum Gasteiger partial charge on any atom is -0.342 e. The van der Waals surface area contributed by atoms with E-state index in [1.54, 1.807) is 0 Å². The predicted molar refractivity (Wildman–Crippen MR) is 146 cm³/mol. The van der Waals surface area contributed by atoms with E-state index in [1.165, 1.54) is 22.3 Å². The largest absolute Gasteiger partial charge is 0.342 e. The number of piperidine rings is 1. The number of rotatable bonds is 4. The molecule has 6 rings (SSSR count). The SMILES string of the molecule is Cc1ccc(CN2Cc3ccccc3CC3(CCN(C(=O)C4CC4c4ccc(Cl)cc4)CC3)C2=O)cc1. The summed E-state index contributed by atoms with van der Waals surface area (Å²) < 4.78 is 0. The predicted octanol–water partition coefficient (Wildman–Crippen LogP) is 6.15. The zero-order valence-corrected chi connectivity index (χ0v) is 22.1. The van der Waals surface area contributed by atoms with E-state index in [9.17, 15) is 9.59 Å². The Labute approximate surface area is 224 Å². The maximum Gasteiger partial charge on any atom is 0.229 e. The highest BCUT2D eigenvalue weighted by atomic mass is 35.5. The highest BCUT2D eigenvalue weighted by Crippen LogP contribution is 2.50. The molecule has 2 atom stereocenters. The van der Waals surface area contributed by atoms with E-state index in [2.05, 4.69) is 55.5 Å². The molecule has 2 unspecified atom stereocenters. The fourth-order valence-electron chi connectivity index (χ4n) is 6.31. The lowest BCUT2D eigenvalue weighted by atomic mass is 9.72. The van der Waals surface area contributed by atoms with Crippen molar-refractivity contribution in [1.29, 1.82) is 0 Å². The molecular weight excluding hydrogens is 480 g/mol. The van der Waals surface area contributed by atoms with Crippen molar-refractivity contribution in [2.24, 2.45) is 11.3 Å². The smallest absolute Gasteiger partial charge is 0.229 e. The second kappa shape index (κ2) is 9.64. The second-order valence-corrected chi connectivity index (χ2v) is 11.6. The van der Waals surface area contributed by atoms with Crippen LogP contribution in [-0.4, -0.2) is 34.7 Å². The number of carbonyl (C=O) groups excluding carboxylic acids is 2. The van der Waals surface area contributed by atoms with Crippen molar-refractivity contribution in [2.45, 2.75) is 51.6 Å². The van der Waals surface area contributed by atoms with Crippen molar-refractivity contribution in [2.75, 3.05) is 13.1 Å². The number of hydrogen-bond acceptors (Lipinski definition) is 2. The molecule has 1 spiro atoms. The standard InChI is InChI=1S/C32H33ClN2O2/c1-22-6-8-23(9-7-22)20-35-21-26-5-3-2-4-25(26)19-32(31(35)37)14-16-34(17-15-32)30(36)29-18-28(29)24-10-12-27(33)13-11-24/h2-13,28-29H,14-21H2,1H3. The van der Waals surface area contributed by atoms with Gasteiger partial charge in [0.05, 0.1) is 5.41 Å². The van der Waals surface area contributed by atoms with E-state index in [1.807, 2.05) is 34.1 Å². The van der Waals surface area contributed by atoms with Crippen LogP contribution in [0, 0.1) is 18.3 Å². The summed E-state index contributed by atoms with van der Waals surface area (Å²) >= 11 is 6.04. The number of aryl methyl sites for hydroxylation is 1. The van der Waals surface area contributed by atoms with Crippen LogP contribution in [0.1, 0.15) is 53.0 Å². The van der Waals surface area contributed by atoms with Gasteiger partial charge in [-0.2, -0.15) is 0 Å². The van der Waals surface area contributed by atoms with E-state index in [0.29, 0.717) is 39.0 Å². The van der Waals surface area contributed by atoms with Crippen LogP contribution in [0.5, 0.6) is 0 Å². The van der Waals surface area contributed by atoms with Crippen LogP contribution in [0.15, 0.2) is 72.8 Å². The molecule has 190 valence electrons. The van der Waals surface area contributed by atoms with Gasteiger partial charge in [0.25, 0.3) is 0 Å². The van der Waals surface area contributed by atoms with Crippen LogP contribution in [0.2, 0.25) is 5.02 Å². The lowest BCUT2D eigenvalue weighted by Crippen LogP contribution is -2.51. The highest BCUT2D eigenvalue weighted by Gasteiger charge is 2.50. The van der Waals surface area contributed by atoms with Gasteiger partial charge in [-0.25, -0.2) is 0 Å². The van der Waals surface area contributed by atoms with E-state index in [4.69, 9.17) is 11.6 Å². The molecule has 0 radical (unpaired) electrons. The summed E-state index contributed by atoms with van der Waals surface area (Å²) in [7, 11) is 0. The molecule has 2 fully saturated rings. The van der Waals surface area contributed by atoms with Gasteiger partial charge in [-0.1, -0.05) is 77.8 Å². The van der Waals surface area contributed by atoms with Crippen LogP contribution in [0.3, 0.4) is 0 Å². The van der Waals surface area contributed by atoms with Gasteiger partial charge < -0.3 is 9.80 Å². The molecule has 3 aliphatic rings. The van der Waals surface area contributed by atoms with Crippen molar-refractivity contribution in [3.05, 3.63) is 106 Å². The molecule has 3 aromatic rings. The topological polar surface area (TPSA) is 40.6 Å². The lowest BCUT2D eigenvalue weighted by molar-refractivity contribution is -0.149. The number of hydrogen-bond donors (Lipinski definition) is 0. The lowest BCUT2D eigenvalue weighted by Gasteiger charge is -2.42. The molecule has 2 aliphatic heterocycles. The third-order valence-electron chi connectivity index (χ3n) is 8.68. The highest BCUT2D eigenvalue weighted by molar-refractivity contribution is 6.30. The number of amides is 2. The first-order valence-corrected chi connectivity index (χ1v) is 13.8. The number of nitrogens with zero attached hydrogens (tertiary/aromatic N) is 2. The average molecular weight is 513 g/mol. The molecule has 1 saturated heterocycles. The van der Waals surface area contributed by atoms with Crippen LogP contribution < -0.4 is 0 Å². The van der Waals surface area contributed by atoms with Crippen LogP contribution >= 0.6 is 11.6 Å². The van der Waals surface area contributed by atoms with Gasteiger partial charge in [0.15, 0.2) is 0 Å². The molecule has 0 N–H and O–H groups in total. The van der Waals surface area contributed by atoms with E-state index >= 15 is 0 Å². The van der Waals surface area contributed by atoms with Gasteiger partial charge in [0.2, 0.25) is 11.8 Å². The number of benzene rings is 3. The summed E-state index contributed by atoms with van der Waals surface area (Å²) in [4.78, 5) is 31.6. The van der Waals surface area contributed by atoms with Crippen molar-refractivity contribution >= 4 is 23.4 Å². The summed E-state index contributed by atoms with van der Waals surface area (Å²) in [6, 6.07) is 24.8. The molecule has 1 saturated carbocycles. The van der Waals surface area contributed by atoms with E-state index < -0.39 is 5.41 Å². The Balaban J connectivity index is 1.18. The van der Waals surface area contributed by atoms with Gasteiger partial charge in [-0.15, -0.1) is 0 Å². The maximum absolute atomic E-state index is 14.2. The molecule has 0 aromatic heterocycles. The Morgan fingerprint density at radius 3 is 2.32 bits per heavy atom. The van der Waals surface area contributed by atoms with Crippen LogP contribution in [0.25, 0.3) is 0 Å². The third-order valence-corrected chi connectivity index (χ3v) is 8.93. The Bertz CT molecular complexity index is 1310. The molecule has 4 nitrogen and oxygen atoms in total. The van der Waals surface area contributed by atoms with Gasteiger partial charge in [0, 0.05) is 37.1 Å². The first-order chi connectivity index (χ1) is 17.9. The number of likely N-dealkylation sites (tertiary alicyclic amines) is 1. The molecular formula is C32H33ClN2O2. The zero-order valence-electron chi connectivity index (χ0n) is 21.3. The van der Waals surface area contributed by atoms with Crippen molar-refractivity contribution in [3.63, 3.8) is 0 Å². The second-order valence-electron chi connectivity index (χ2n) is 11.2. The van der Waals surface area contributed by atoms with Crippen molar-refractivity contribution in [1.82, 2.24) is 9.80 Å². The molecule has 3 aromatic carbocycles. The van der Waals surface area contributed by atoms with Gasteiger partial charge in [0.1, 0.15) is 0 Å². The van der Waals surface area contributed by atoms with Crippen molar-refractivity contribution in [3.8, 4) is 0 Å². The fourth-order valence-corrected chi connectivity index (χ4v) is 6.43. The molecule has 5 heteroatoms. The summed E-state index contributed by atoms with van der Waals surface area (Å²) in [5.41, 5.74) is 5.63. The van der Waals surface area contributed by atoms with Gasteiger partial charge >= 0.3 is 0 Å². The van der Waals surface area contributed by atoms with E-state index in [0.717, 1.165) is 23.4 Å². The first kappa shape index (κ1) is 24.2. The number of halogens is 1. The number of carbonyl (C=O) groups is 2. The Morgan fingerprint density at radius 1 is 0.946 bits per heavy atom. The average Bonchev–Trinajstić information content (AvgIpc) is 3.72. The molecule has 0 bridgehead atoms. The van der Waals surface area contributed by atoms with Gasteiger partial charge in [-0.05, 0) is 72.9 Å². The van der Waals surface area contributed by atoms with Crippen LogP contribution in [0.4, 0.5) is 0 Å². The minimum atomic E-state index is -0.451. The molecule has 2 heterocycles. The van der Waals surface area contributed by atoms with Crippen molar-refractivity contribution < 1.29 is 9.59 Å². The molecule has 37 heavy (non-hydrogen) atoms. The van der Waals surface area contributed by atoms with E-state index in [-0.39, 0.29) is 23.7 Å². The molecule has 2 amide bonds. The fraction of sp³-hybridized carbons (Fsp3) is 0.375. The number of fused-ring (bicyclic) bond motifs is 1. The normalized spacial score (nSPS) is 22.5. The zero-order chi connectivity index (χ0) is 25.6. The summed E-state index contributed by atoms with van der Waals surface area (Å²) in [5, 5.41) is 0.722. The molecule has 1 aliphatic carbocycles. The quantitative estimate of drug-likeness (QED) is 0.421. The Morgan fingerprint density at radius 2 is 1.62 bits per heavy atom. The summed E-state index contributed by atoms with van der Waals surface area (Å²) in [6.45, 7) is 4.63.